The van der Waals surface area contributed by atoms with E-state index in [4.69, 9.17) is 7.49 Å². The average molecular weight is 52.9 g/mol. The van der Waals surface area contributed by atoms with Gasteiger partial charge in [0.1, 0.15) is 0 Å². The van der Waals surface area contributed by atoms with Crippen molar-refractivity contribution in [2.75, 3.05) is 0 Å². The summed E-state index contributed by atoms with van der Waals surface area (Å²) in [4.78, 5) is 0. The summed E-state index contributed by atoms with van der Waals surface area (Å²) in [5.74, 6) is 1.62. The van der Waals surface area contributed by atoms with Crippen LogP contribution in [0.1, 0.15) is 13.3 Å². The van der Waals surface area contributed by atoms with Crippen LogP contribution in [0.15, 0.2) is 0 Å². The maximum atomic E-state index is 4.90. The van der Waals surface area contributed by atoms with Gasteiger partial charge >= 0.3 is 26.8 Å². The quantitative estimate of drug-likeness (QED) is 0.378. The second-order valence-electron chi connectivity index (χ2n) is 0.644. The third-order valence-electron chi connectivity index (χ3n) is 0.236. The first-order chi connectivity index (χ1) is 1.91. The van der Waals surface area contributed by atoms with Gasteiger partial charge in [0.05, 0.1) is 0 Å². The molecule has 0 saturated heterocycles. The van der Waals surface area contributed by atoms with E-state index in [9.17, 15) is 0 Å². The Kier molecular flexibility index (Phi) is 2.89. The Morgan fingerprint density at radius 1 is 2.00 bits per heavy atom. The molecule has 0 amide bonds. The molecule has 21 valence electrons. The molecule has 0 bridgehead atoms. The van der Waals surface area contributed by atoms with E-state index in [-0.39, 0.29) is 0 Å². The van der Waals surface area contributed by atoms with Crippen molar-refractivity contribution >= 4 is 13.5 Å². The predicted octanol–water partition coefficient (Wildman–Crippen LogP) is 0.367. The van der Waals surface area contributed by atoms with Gasteiger partial charge in [0.15, 0.2) is 0 Å². The monoisotopic (exact) mass is 53.1 g/mol. The number of hydrogen-bond donors (Lipinski definition) is 0. The van der Waals surface area contributed by atoms with Gasteiger partial charge in [-0.25, -0.2) is 0 Å². The van der Waals surface area contributed by atoms with Crippen molar-refractivity contribution in [2.45, 2.75) is 13.3 Å². The molecule has 4 heavy (non-hydrogen) atoms. The van der Waals surface area contributed by atoms with E-state index >= 15 is 0 Å². The van der Waals surface area contributed by atoms with Crippen molar-refractivity contribution in [3.8, 4) is 0 Å². The normalized spacial score (nSPS) is 6.00. The van der Waals surface area contributed by atoms with Crippen LogP contribution in [-0.4, -0.2) is 13.5 Å². The van der Waals surface area contributed by atoms with E-state index in [1.54, 1.807) is 5.97 Å². The Morgan fingerprint density at radius 3 is 2.25 bits per heavy atom. The van der Waals surface area contributed by atoms with Gasteiger partial charge in [-0.1, -0.05) is 0 Å². The molecule has 0 aromatic heterocycles. The summed E-state index contributed by atoms with van der Waals surface area (Å²) in [6, 6.07) is 0. The molecule has 0 rings (SSSR count). The van der Waals surface area contributed by atoms with E-state index in [0.717, 1.165) is 6.42 Å². The second kappa shape index (κ2) is 2.93. The Bertz CT molecular complexity index is 17.2. The molecule has 0 aliphatic heterocycles. The van der Waals surface area contributed by atoms with Crippen LogP contribution in [0.3, 0.4) is 0 Å². The molecule has 0 aliphatic rings. The van der Waals surface area contributed by atoms with Gasteiger partial charge in [0.2, 0.25) is 0 Å². The van der Waals surface area contributed by atoms with Gasteiger partial charge in [-0.15, -0.1) is 0 Å². The van der Waals surface area contributed by atoms with Crippen LogP contribution < -0.4 is 0 Å². The molecule has 1 radical (unpaired) electrons. The van der Waals surface area contributed by atoms with E-state index in [1.807, 2.05) is 6.92 Å². The van der Waals surface area contributed by atoms with Crippen molar-refractivity contribution in [3.05, 3.63) is 0 Å². The SMILES string of the molecule is [B]=CCC. The molecule has 0 aromatic rings. The molecule has 1 heteroatoms. The van der Waals surface area contributed by atoms with Crippen LogP contribution in [0.5, 0.6) is 0 Å². The van der Waals surface area contributed by atoms with Crippen molar-refractivity contribution < 1.29 is 0 Å². The maximum absolute atomic E-state index is 4.90. The third-order valence-corrected chi connectivity index (χ3v) is 0.236. The summed E-state index contributed by atoms with van der Waals surface area (Å²) in [5, 5.41) is 0. The molecular weight excluding hydrogens is 46.8 g/mol. The summed E-state index contributed by atoms with van der Waals surface area (Å²) in [7, 11) is 4.90. The Hall–Kier alpha value is -0.0651. The Balaban J connectivity index is 2.30. The topological polar surface area (TPSA) is 0 Å². The fourth-order valence-corrected chi connectivity index (χ4v) is 0. The van der Waals surface area contributed by atoms with Crippen LogP contribution in [0.25, 0.3) is 0 Å². The molecule has 0 nitrogen and oxygen atoms in total. The second-order valence-corrected chi connectivity index (χ2v) is 0.644. The fraction of sp³-hybridized carbons (Fsp3) is 0.667. The zero-order chi connectivity index (χ0) is 3.41. The van der Waals surface area contributed by atoms with Crippen LogP contribution >= 0.6 is 0 Å². The van der Waals surface area contributed by atoms with E-state index < -0.39 is 0 Å². The van der Waals surface area contributed by atoms with Gasteiger partial charge < -0.3 is 0 Å². The molecule has 0 saturated carbocycles. The van der Waals surface area contributed by atoms with Gasteiger partial charge in [-0.05, 0) is 0 Å². The van der Waals surface area contributed by atoms with Gasteiger partial charge in [-0.3, -0.25) is 0 Å². The predicted molar refractivity (Wildman–Crippen MR) is 22.1 cm³/mol. The first-order valence-corrected chi connectivity index (χ1v) is 1.45. The molecule has 0 heterocycles. The summed E-state index contributed by atoms with van der Waals surface area (Å²) < 4.78 is 0. The van der Waals surface area contributed by atoms with Crippen LogP contribution in [0.2, 0.25) is 0 Å². The van der Waals surface area contributed by atoms with Crippen LogP contribution in [0, 0.1) is 0 Å². The van der Waals surface area contributed by atoms with Crippen molar-refractivity contribution in [2.24, 2.45) is 0 Å². The Labute approximate surface area is 27.9 Å². The van der Waals surface area contributed by atoms with Gasteiger partial charge in [-0.2, -0.15) is 0 Å². The van der Waals surface area contributed by atoms with Gasteiger partial charge in [0.25, 0.3) is 0 Å². The molecule has 0 fully saturated rings. The number of hydrogen-bond acceptors (Lipinski definition) is 0. The standard InChI is InChI=1S/C3H6B/c1-2-3-4/h3H,2H2,1H3. The van der Waals surface area contributed by atoms with Gasteiger partial charge in [0, 0.05) is 0 Å². The van der Waals surface area contributed by atoms with E-state index in [0.29, 0.717) is 0 Å². The minimum absolute atomic E-state index is 0.972. The summed E-state index contributed by atoms with van der Waals surface area (Å²) >= 11 is 0. The van der Waals surface area contributed by atoms with E-state index in [1.165, 1.54) is 0 Å². The van der Waals surface area contributed by atoms with Crippen molar-refractivity contribution in [1.82, 2.24) is 0 Å². The van der Waals surface area contributed by atoms with Crippen LogP contribution in [0.4, 0.5) is 0 Å². The van der Waals surface area contributed by atoms with Crippen molar-refractivity contribution in [1.29, 1.82) is 0 Å². The summed E-state index contributed by atoms with van der Waals surface area (Å²) in [6.07, 6.45) is 0.972. The molecule has 0 atom stereocenters. The first-order valence-electron chi connectivity index (χ1n) is 1.45. The molecule has 0 unspecified atom stereocenters. The first kappa shape index (κ1) is 3.93. The number of rotatable bonds is 1. The molecule has 0 aliphatic carbocycles. The minimum atomic E-state index is 0.972. The molecule has 0 aromatic carbocycles. The zero-order valence-corrected chi connectivity index (χ0v) is 2.86. The molecule has 0 N–H and O–H groups in total. The summed E-state index contributed by atoms with van der Waals surface area (Å²) in [5.41, 5.74) is 0. The van der Waals surface area contributed by atoms with Crippen LogP contribution in [-0.2, 0) is 0 Å². The molecular formula is C3H6B. The van der Waals surface area contributed by atoms with E-state index in [2.05, 4.69) is 0 Å². The average Bonchev–Trinajstić information content (AvgIpc) is 1.37. The molecule has 0 spiro atoms. The fourth-order valence-electron chi connectivity index (χ4n) is 0. The zero-order valence-electron chi connectivity index (χ0n) is 2.86. The summed E-state index contributed by atoms with van der Waals surface area (Å²) in [6.45, 7) is 2.00. The third kappa shape index (κ3) is 1.93. The van der Waals surface area contributed by atoms with Crippen molar-refractivity contribution in [3.63, 3.8) is 0 Å². The Morgan fingerprint density at radius 2 is 2.25 bits per heavy atom.